The van der Waals surface area contributed by atoms with Crippen LogP contribution in [0.3, 0.4) is 0 Å². The third-order valence-corrected chi connectivity index (χ3v) is 7.03. The van der Waals surface area contributed by atoms with Crippen molar-refractivity contribution in [3.63, 3.8) is 0 Å². The molecule has 3 rings (SSSR count). The second-order valence-electron chi connectivity index (χ2n) is 10.5. The van der Waals surface area contributed by atoms with Gasteiger partial charge in [-0.05, 0) is 92.7 Å². The summed E-state index contributed by atoms with van der Waals surface area (Å²) in [5.74, 6) is -0.329. The Bertz CT molecular complexity index is 1020. The number of aryl methyl sites for hydroxylation is 1. The van der Waals surface area contributed by atoms with Crippen molar-refractivity contribution in [2.24, 2.45) is 5.92 Å². The Labute approximate surface area is 210 Å². The van der Waals surface area contributed by atoms with E-state index in [9.17, 15) is 15.0 Å². The van der Waals surface area contributed by atoms with Crippen molar-refractivity contribution in [3.05, 3.63) is 76.4 Å². The Balaban J connectivity index is 1.53. The van der Waals surface area contributed by atoms with E-state index in [-0.39, 0.29) is 18.2 Å². The molecule has 0 amide bonds. The maximum absolute atomic E-state index is 11.3. The first-order valence-corrected chi connectivity index (χ1v) is 12.7. The third kappa shape index (κ3) is 7.50. The smallest absolute Gasteiger partial charge is 0.328 e. The molecule has 5 heteroatoms. The molecular weight excluding hydrogens is 438 g/mol. The van der Waals surface area contributed by atoms with Gasteiger partial charge in [0.15, 0.2) is 0 Å². The normalized spacial score (nSPS) is 16.2. The number of hydrogen-bond acceptors (Lipinski definition) is 4. The molecule has 2 aromatic carbocycles. The maximum Gasteiger partial charge on any atom is 0.328 e. The molecule has 0 bridgehead atoms. The number of hydrogen-bond donors (Lipinski definition) is 3. The molecular formula is C30H41NO4. The van der Waals surface area contributed by atoms with E-state index < -0.39 is 12.1 Å². The quantitative estimate of drug-likeness (QED) is 0.351. The van der Waals surface area contributed by atoms with Crippen LogP contribution in [-0.2, 0) is 22.4 Å². The van der Waals surface area contributed by atoms with Gasteiger partial charge in [-0.1, -0.05) is 49.4 Å². The number of carbonyl (C=O) groups is 1. The Kier molecular flexibility index (Phi) is 9.28. The highest BCUT2D eigenvalue weighted by atomic mass is 16.5. The highest BCUT2D eigenvalue weighted by Crippen LogP contribution is 2.33. The number of benzene rings is 2. The number of allylic oxidation sites excluding steroid dienone is 1. The zero-order valence-electron chi connectivity index (χ0n) is 21.8. The van der Waals surface area contributed by atoms with Crippen LogP contribution in [0.2, 0.25) is 0 Å². The monoisotopic (exact) mass is 479 g/mol. The number of nitrogens with one attached hydrogen (secondary N) is 1. The minimum Gasteiger partial charge on any atom is -0.478 e. The molecule has 2 atom stereocenters. The summed E-state index contributed by atoms with van der Waals surface area (Å²) in [6, 6.07) is 14.6. The molecule has 1 aliphatic rings. The van der Waals surface area contributed by atoms with E-state index in [0.717, 1.165) is 41.5 Å². The van der Waals surface area contributed by atoms with Crippen LogP contribution in [0.25, 0.3) is 5.57 Å². The van der Waals surface area contributed by atoms with Gasteiger partial charge in [0.05, 0.1) is 18.8 Å². The van der Waals surface area contributed by atoms with Crippen molar-refractivity contribution >= 4 is 11.5 Å². The molecule has 0 aliphatic heterocycles. The fourth-order valence-electron chi connectivity index (χ4n) is 5.35. The molecule has 0 unspecified atom stereocenters. The van der Waals surface area contributed by atoms with Crippen LogP contribution in [0.1, 0.15) is 74.5 Å². The summed E-state index contributed by atoms with van der Waals surface area (Å²) < 4.78 is 6.06. The van der Waals surface area contributed by atoms with Gasteiger partial charge < -0.3 is 20.3 Å². The molecule has 5 nitrogen and oxygen atoms in total. The third-order valence-electron chi connectivity index (χ3n) is 7.03. The van der Waals surface area contributed by atoms with Crippen molar-refractivity contribution in [2.75, 3.05) is 13.2 Å². The minimum absolute atomic E-state index is 0.0827. The zero-order valence-corrected chi connectivity index (χ0v) is 21.8. The summed E-state index contributed by atoms with van der Waals surface area (Å²) in [6.07, 6.45) is 4.29. The lowest BCUT2D eigenvalue weighted by molar-refractivity contribution is -0.131. The summed E-state index contributed by atoms with van der Waals surface area (Å²) in [7, 11) is 0. The Morgan fingerprint density at radius 1 is 1.17 bits per heavy atom. The van der Waals surface area contributed by atoms with E-state index in [0.29, 0.717) is 18.9 Å². The van der Waals surface area contributed by atoms with Crippen molar-refractivity contribution in [1.82, 2.24) is 5.32 Å². The Hall–Kier alpha value is -2.47. The lowest BCUT2D eigenvalue weighted by Crippen LogP contribution is -2.45. The Morgan fingerprint density at radius 3 is 2.43 bits per heavy atom. The van der Waals surface area contributed by atoms with Gasteiger partial charge in [0, 0.05) is 18.2 Å². The van der Waals surface area contributed by atoms with Gasteiger partial charge in [-0.15, -0.1) is 0 Å². The lowest BCUT2D eigenvalue weighted by atomic mass is 9.88. The van der Waals surface area contributed by atoms with Gasteiger partial charge in [-0.25, -0.2) is 4.79 Å². The van der Waals surface area contributed by atoms with Crippen LogP contribution < -0.4 is 5.32 Å². The number of ether oxygens (including phenoxy) is 1. The molecule has 0 fully saturated rings. The van der Waals surface area contributed by atoms with Crippen molar-refractivity contribution in [3.8, 4) is 0 Å². The number of aliphatic hydroxyl groups excluding tert-OH is 1. The predicted molar refractivity (Wildman–Crippen MR) is 141 cm³/mol. The molecule has 3 N–H and O–H groups in total. The van der Waals surface area contributed by atoms with E-state index in [2.05, 4.69) is 43.4 Å². The summed E-state index contributed by atoms with van der Waals surface area (Å²) in [5, 5.41) is 23.5. The van der Waals surface area contributed by atoms with Gasteiger partial charge in [0.25, 0.3) is 0 Å². The van der Waals surface area contributed by atoms with Crippen molar-refractivity contribution in [1.29, 1.82) is 0 Å². The highest BCUT2D eigenvalue weighted by Gasteiger charge is 2.28. The van der Waals surface area contributed by atoms with Gasteiger partial charge >= 0.3 is 5.97 Å². The summed E-state index contributed by atoms with van der Waals surface area (Å²) in [4.78, 5) is 11.3. The first kappa shape index (κ1) is 27.1. The summed E-state index contributed by atoms with van der Waals surface area (Å²) in [6.45, 7) is 11.0. The van der Waals surface area contributed by atoms with Crippen LogP contribution >= 0.6 is 0 Å². The number of rotatable bonds is 12. The molecule has 190 valence electrons. The molecule has 1 aliphatic carbocycles. The summed E-state index contributed by atoms with van der Waals surface area (Å²) in [5.41, 5.74) is 6.52. The first-order chi connectivity index (χ1) is 16.6. The molecule has 35 heavy (non-hydrogen) atoms. The predicted octanol–water partition coefficient (Wildman–Crippen LogP) is 5.48. The minimum atomic E-state index is -0.949. The highest BCUT2D eigenvalue weighted by molar-refractivity contribution is 5.91. The maximum atomic E-state index is 11.3. The van der Waals surface area contributed by atoms with Gasteiger partial charge in [-0.2, -0.15) is 0 Å². The molecule has 0 aromatic heterocycles. The second kappa shape index (κ2) is 12.0. The van der Waals surface area contributed by atoms with Gasteiger partial charge in [0.2, 0.25) is 0 Å². The molecule has 0 saturated carbocycles. The molecule has 0 heterocycles. The zero-order chi connectivity index (χ0) is 25.6. The largest absolute Gasteiger partial charge is 0.478 e. The fourth-order valence-corrected chi connectivity index (χ4v) is 5.35. The lowest BCUT2D eigenvalue weighted by Gasteiger charge is -2.31. The number of carboxylic acids is 1. The molecule has 0 spiro atoms. The van der Waals surface area contributed by atoms with Gasteiger partial charge in [0.1, 0.15) is 0 Å². The van der Waals surface area contributed by atoms with E-state index in [1.807, 2.05) is 39.0 Å². The number of aliphatic hydroxyl groups is 1. The average Bonchev–Trinajstić information content (AvgIpc) is 3.21. The SMILES string of the molecule is CC/C(=C\C(=O)O)c1c(C)cccc1[C@@H](C)OC[C@@H](O)CNC(C)(C)CC1Cc2ccccc2C1. The van der Waals surface area contributed by atoms with Crippen molar-refractivity contribution < 1.29 is 19.7 Å². The fraction of sp³-hybridized carbons (Fsp3) is 0.500. The van der Waals surface area contributed by atoms with Gasteiger partial charge in [-0.3, -0.25) is 0 Å². The number of β-amino-alcohol motifs (C(OH)–C–C–N with tert-alkyl or cyclic N) is 1. The van der Waals surface area contributed by atoms with Crippen LogP contribution in [0.5, 0.6) is 0 Å². The topological polar surface area (TPSA) is 78.8 Å². The van der Waals surface area contributed by atoms with E-state index in [1.165, 1.54) is 17.2 Å². The van der Waals surface area contributed by atoms with E-state index in [1.54, 1.807) is 0 Å². The van der Waals surface area contributed by atoms with Crippen LogP contribution in [-0.4, -0.2) is 41.0 Å². The number of aliphatic carboxylic acids is 1. The van der Waals surface area contributed by atoms with Crippen LogP contribution in [0, 0.1) is 12.8 Å². The Morgan fingerprint density at radius 2 is 1.83 bits per heavy atom. The van der Waals surface area contributed by atoms with E-state index >= 15 is 0 Å². The summed E-state index contributed by atoms with van der Waals surface area (Å²) >= 11 is 0. The number of fused-ring (bicyclic) bond motifs is 1. The standard InChI is InChI=1S/C30H41NO4/c1-6-23(16-28(33)34)29-20(2)10-9-13-27(29)21(3)35-19-26(32)18-31-30(4,5)17-22-14-24-11-7-8-12-25(24)15-22/h7-13,16,21-22,26,31-32H,6,14-15,17-19H2,1-5H3,(H,33,34)/b23-16+/t21-,26+/m1/s1. The van der Waals surface area contributed by atoms with Crippen molar-refractivity contribution in [2.45, 2.75) is 78.0 Å². The van der Waals surface area contributed by atoms with E-state index in [4.69, 9.17) is 4.74 Å². The molecule has 0 saturated heterocycles. The molecule has 2 aromatic rings. The molecule has 0 radical (unpaired) electrons. The average molecular weight is 480 g/mol. The number of carboxylic acid groups (broad SMARTS) is 1. The first-order valence-electron chi connectivity index (χ1n) is 12.7. The van der Waals surface area contributed by atoms with Crippen LogP contribution in [0.4, 0.5) is 0 Å². The second-order valence-corrected chi connectivity index (χ2v) is 10.5. The van der Waals surface area contributed by atoms with Crippen LogP contribution in [0.15, 0.2) is 48.5 Å².